The fourth-order valence-corrected chi connectivity index (χ4v) is 4.86. The zero-order valence-corrected chi connectivity index (χ0v) is 18.7. The number of hydrazine groups is 1. The molecule has 2 aromatic rings. The van der Waals surface area contributed by atoms with Crippen molar-refractivity contribution >= 4 is 21.8 Å². The number of ether oxygens (including phenoxy) is 1. The largest absolute Gasteiger partial charge is 0.481 e. The summed E-state index contributed by atoms with van der Waals surface area (Å²) in [6.45, 7) is 4.07. The van der Waals surface area contributed by atoms with Gasteiger partial charge in [0, 0.05) is 18.7 Å². The molecule has 172 valence electrons. The summed E-state index contributed by atoms with van der Waals surface area (Å²) in [5.41, 5.74) is 5.25. The van der Waals surface area contributed by atoms with Gasteiger partial charge in [0.15, 0.2) is 6.10 Å². The molecule has 10 heteroatoms. The molecule has 1 aliphatic rings. The molecule has 1 saturated heterocycles. The second kappa shape index (κ2) is 10.1. The van der Waals surface area contributed by atoms with Crippen LogP contribution < -0.4 is 15.6 Å². The first-order valence-electron chi connectivity index (χ1n) is 10.3. The van der Waals surface area contributed by atoms with Crippen molar-refractivity contribution in [3.63, 3.8) is 0 Å². The van der Waals surface area contributed by atoms with Crippen LogP contribution in [0.2, 0.25) is 0 Å². The SMILES string of the molecule is Cc1ccc(S(=O)(=O)N2CCCCC2)cc1C(=O)NNC(=O)C(C)Oc1ccc(F)cc1. The van der Waals surface area contributed by atoms with Crippen molar-refractivity contribution in [2.45, 2.75) is 44.1 Å². The summed E-state index contributed by atoms with van der Waals surface area (Å²) in [5.74, 6) is -1.41. The molecule has 1 fully saturated rings. The van der Waals surface area contributed by atoms with E-state index < -0.39 is 33.8 Å². The predicted octanol–water partition coefficient (Wildman–Crippen LogP) is 2.54. The highest BCUT2D eigenvalue weighted by atomic mass is 32.2. The normalized spacial score (nSPS) is 15.6. The van der Waals surface area contributed by atoms with E-state index in [0.29, 0.717) is 24.4 Å². The second-order valence-electron chi connectivity index (χ2n) is 7.60. The number of piperidine rings is 1. The highest BCUT2D eigenvalue weighted by Gasteiger charge is 2.27. The van der Waals surface area contributed by atoms with Crippen LogP contribution >= 0.6 is 0 Å². The van der Waals surface area contributed by atoms with Crippen LogP contribution in [0.25, 0.3) is 0 Å². The molecule has 1 heterocycles. The first kappa shape index (κ1) is 23.7. The van der Waals surface area contributed by atoms with E-state index in [9.17, 15) is 22.4 Å². The lowest BCUT2D eigenvalue weighted by atomic mass is 10.1. The molecular weight excluding hydrogens is 437 g/mol. The van der Waals surface area contributed by atoms with Gasteiger partial charge in [-0.1, -0.05) is 12.5 Å². The number of carbonyl (C=O) groups is 2. The number of benzene rings is 2. The smallest absolute Gasteiger partial charge is 0.279 e. The van der Waals surface area contributed by atoms with Crippen LogP contribution in [0.1, 0.15) is 42.1 Å². The molecule has 2 N–H and O–H groups in total. The first-order chi connectivity index (χ1) is 15.2. The summed E-state index contributed by atoms with van der Waals surface area (Å²) in [5, 5.41) is 0. The summed E-state index contributed by atoms with van der Waals surface area (Å²) < 4.78 is 45.6. The minimum absolute atomic E-state index is 0.0366. The van der Waals surface area contributed by atoms with E-state index >= 15 is 0 Å². The minimum atomic E-state index is -3.70. The molecule has 2 aromatic carbocycles. The molecular formula is C22H26FN3O5S. The zero-order valence-electron chi connectivity index (χ0n) is 17.9. The summed E-state index contributed by atoms with van der Waals surface area (Å²) in [7, 11) is -3.70. The number of rotatable bonds is 6. The van der Waals surface area contributed by atoms with Crippen molar-refractivity contribution < 1.29 is 27.1 Å². The predicted molar refractivity (Wildman–Crippen MR) is 116 cm³/mol. The standard InChI is InChI=1S/C22H26FN3O5S/c1-15-6-11-19(32(29,30)26-12-4-3-5-13-26)14-20(15)22(28)25-24-21(27)16(2)31-18-9-7-17(23)8-10-18/h6-11,14,16H,3-5,12-13H2,1-2H3,(H,24,27)(H,25,28). The molecule has 0 bridgehead atoms. The van der Waals surface area contributed by atoms with Crippen LogP contribution in [0.3, 0.4) is 0 Å². The van der Waals surface area contributed by atoms with E-state index in [1.165, 1.54) is 47.6 Å². The van der Waals surface area contributed by atoms with Gasteiger partial charge < -0.3 is 4.74 Å². The van der Waals surface area contributed by atoms with Crippen molar-refractivity contribution in [3.05, 3.63) is 59.4 Å². The third-order valence-electron chi connectivity index (χ3n) is 5.20. The lowest BCUT2D eigenvalue weighted by Crippen LogP contribution is -2.47. The molecule has 1 unspecified atom stereocenters. The Hall–Kier alpha value is -2.98. The van der Waals surface area contributed by atoms with E-state index in [-0.39, 0.29) is 10.5 Å². The average Bonchev–Trinajstić information content (AvgIpc) is 2.79. The molecule has 0 radical (unpaired) electrons. The Balaban J connectivity index is 1.65. The van der Waals surface area contributed by atoms with E-state index in [4.69, 9.17) is 4.74 Å². The number of halogens is 1. The Morgan fingerprint density at radius 3 is 2.34 bits per heavy atom. The Bertz CT molecular complexity index is 1080. The van der Waals surface area contributed by atoms with Gasteiger partial charge in [-0.2, -0.15) is 4.31 Å². The van der Waals surface area contributed by atoms with Crippen molar-refractivity contribution in [1.82, 2.24) is 15.2 Å². The first-order valence-corrected chi connectivity index (χ1v) is 11.8. The number of nitrogens with zero attached hydrogens (tertiary/aromatic N) is 1. The van der Waals surface area contributed by atoms with Crippen molar-refractivity contribution in [2.24, 2.45) is 0 Å². The Labute approximate surface area is 186 Å². The Morgan fingerprint density at radius 1 is 1.03 bits per heavy atom. The number of nitrogens with one attached hydrogen (secondary N) is 2. The maximum absolute atomic E-state index is 13.0. The van der Waals surface area contributed by atoms with Crippen molar-refractivity contribution in [3.8, 4) is 5.75 Å². The van der Waals surface area contributed by atoms with Crippen LogP contribution in [-0.4, -0.2) is 43.7 Å². The molecule has 1 atom stereocenters. The fourth-order valence-electron chi connectivity index (χ4n) is 3.32. The van der Waals surface area contributed by atoms with E-state index in [0.717, 1.165) is 19.3 Å². The Morgan fingerprint density at radius 2 is 1.69 bits per heavy atom. The van der Waals surface area contributed by atoms with Gasteiger partial charge in [0.1, 0.15) is 11.6 Å². The summed E-state index contributed by atoms with van der Waals surface area (Å²) in [6, 6.07) is 9.54. The van der Waals surface area contributed by atoms with Gasteiger partial charge in [0.05, 0.1) is 4.90 Å². The quantitative estimate of drug-likeness (QED) is 0.641. The number of aryl methyl sites for hydroxylation is 1. The van der Waals surface area contributed by atoms with Crippen LogP contribution in [0.15, 0.2) is 47.4 Å². The van der Waals surface area contributed by atoms with Crippen LogP contribution in [0.4, 0.5) is 4.39 Å². The molecule has 0 spiro atoms. The average molecular weight is 464 g/mol. The minimum Gasteiger partial charge on any atom is -0.481 e. The summed E-state index contributed by atoms with van der Waals surface area (Å²) >= 11 is 0. The van der Waals surface area contributed by atoms with Crippen LogP contribution in [0, 0.1) is 12.7 Å². The molecule has 8 nitrogen and oxygen atoms in total. The van der Waals surface area contributed by atoms with Crippen LogP contribution in [0.5, 0.6) is 5.75 Å². The van der Waals surface area contributed by atoms with E-state index in [2.05, 4.69) is 10.9 Å². The van der Waals surface area contributed by atoms with Gasteiger partial charge in [-0.25, -0.2) is 12.8 Å². The van der Waals surface area contributed by atoms with E-state index in [1.807, 2.05) is 0 Å². The second-order valence-corrected chi connectivity index (χ2v) is 9.54. The molecule has 0 aromatic heterocycles. The highest BCUT2D eigenvalue weighted by molar-refractivity contribution is 7.89. The molecule has 3 rings (SSSR count). The molecule has 2 amide bonds. The van der Waals surface area contributed by atoms with Gasteiger partial charge in [0.2, 0.25) is 10.0 Å². The van der Waals surface area contributed by atoms with Crippen molar-refractivity contribution in [1.29, 1.82) is 0 Å². The number of hydrogen-bond donors (Lipinski definition) is 2. The molecule has 0 aliphatic carbocycles. The lowest BCUT2D eigenvalue weighted by molar-refractivity contribution is -0.128. The molecule has 0 saturated carbocycles. The van der Waals surface area contributed by atoms with Gasteiger partial charge in [-0.15, -0.1) is 0 Å². The monoisotopic (exact) mass is 463 g/mol. The van der Waals surface area contributed by atoms with Gasteiger partial charge in [-0.05, 0) is 68.7 Å². The third kappa shape index (κ3) is 5.63. The zero-order chi connectivity index (χ0) is 23.3. The fraction of sp³-hybridized carbons (Fsp3) is 0.364. The number of carbonyl (C=O) groups excluding carboxylic acids is 2. The van der Waals surface area contributed by atoms with Gasteiger partial charge in [-0.3, -0.25) is 20.4 Å². The maximum Gasteiger partial charge on any atom is 0.279 e. The Kier molecular flexibility index (Phi) is 7.47. The molecule has 32 heavy (non-hydrogen) atoms. The topological polar surface area (TPSA) is 105 Å². The van der Waals surface area contributed by atoms with Gasteiger partial charge >= 0.3 is 0 Å². The lowest BCUT2D eigenvalue weighted by Gasteiger charge is -2.26. The summed E-state index contributed by atoms with van der Waals surface area (Å²) in [6.07, 6.45) is 1.65. The summed E-state index contributed by atoms with van der Waals surface area (Å²) in [4.78, 5) is 24.9. The van der Waals surface area contributed by atoms with Crippen molar-refractivity contribution in [2.75, 3.05) is 13.1 Å². The van der Waals surface area contributed by atoms with Crippen LogP contribution in [-0.2, 0) is 14.8 Å². The number of amides is 2. The molecule has 1 aliphatic heterocycles. The number of hydrogen-bond acceptors (Lipinski definition) is 5. The number of sulfonamides is 1. The van der Waals surface area contributed by atoms with E-state index in [1.54, 1.807) is 13.0 Å². The highest BCUT2D eigenvalue weighted by Crippen LogP contribution is 2.23. The van der Waals surface area contributed by atoms with Gasteiger partial charge in [0.25, 0.3) is 11.8 Å². The maximum atomic E-state index is 13.0. The third-order valence-corrected chi connectivity index (χ3v) is 7.10.